The zero-order chi connectivity index (χ0) is 14.5. The van der Waals surface area contributed by atoms with E-state index >= 15 is 0 Å². The van der Waals surface area contributed by atoms with E-state index in [2.05, 4.69) is 30.7 Å². The quantitative estimate of drug-likeness (QED) is 0.831. The molecule has 1 aromatic heterocycles. The van der Waals surface area contributed by atoms with E-state index in [1.807, 2.05) is 4.90 Å². The summed E-state index contributed by atoms with van der Waals surface area (Å²) >= 11 is 0. The lowest BCUT2D eigenvalue weighted by molar-refractivity contribution is 0.0778. The van der Waals surface area contributed by atoms with E-state index < -0.39 is 0 Å². The van der Waals surface area contributed by atoms with Gasteiger partial charge >= 0.3 is 0 Å². The second-order valence-corrected chi connectivity index (χ2v) is 5.40. The van der Waals surface area contributed by atoms with Crippen LogP contribution in [0.1, 0.15) is 36.3 Å². The molecule has 1 fully saturated rings. The Morgan fingerprint density at radius 2 is 2.40 bits per heavy atom. The fourth-order valence-electron chi connectivity index (χ4n) is 2.48. The molecule has 0 bridgehead atoms. The van der Waals surface area contributed by atoms with Crippen LogP contribution in [0.4, 0.5) is 0 Å². The molecule has 2 rings (SSSR count). The predicted octanol–water partition coefficient (Wildman–Crippen LogP) is 1.54. The molecule has 1 atom stereocenters. The molecule has 20 heavy (non-hydrogen) atoms. The molecule has 1 aliphatic heterocycles. The average Bonchev–Trinajstić information content (AvgIpc) is 2.94. The average molecular weight is 272 g/mol. The largest absolute Gasteiger partial charge is 0.384 e. The summed E-state index contributed by atoms with van der Waals surface area (Å²) < 4.78 is 0. The Labute approximate surface area is 119 Å². The molecule has 1 aromatic rings. The van der Waals surface area contributed by atoms with E-state index in [4.69, 9.17) is 5.11 Å². The number of carbonyl (C=O) groups excluding carboxylic acids is 1. The van der Waals surface area contributed by atoms with Gasteiger partial charge in [-0.3, -0.25) is 4.79 Å². The predicted molar refractivity (Wildman–Crippen MR) is 77.0 cm³/mol. The number of hydrogen-bond acceptors (Lipinski definition) is 3. The smallest absolute Gasteiger partial charge is 0.273 e. The van der Waals surface area contributed by atoms with Gasteiger partial charge in [-0.1, -0.05) is 25.7 Å². The number of pyridine rings is 1. The first-order valence-corrected chi connectivity index (χ1v) is 6.97. The first-order chi connectivity index (χ1) is 9.63. The Morgan fingerprint density at radius 3 is 3.05 bits per heavy atom. The number of aliphatic hydroxyl groups is 1. The number of nitrogens with zero attached hydrogens (tertiary/aromatic N) is 2. The third kappa shape index (κ3) is 3.17. The zero-order valence-corrected chi connectivity index (χ0v) is 12.0. The highest BCUT2D eigenvalue weighted by Gasteiger charge is 2.29. The molecule has 4 nitrogen and oxygen atoms in total. The Morgan fingerprint density at radius 1 is 1.60 bits per heavy atom. The van der Waals surface area contributed by atoms with Crippen molar-refractivity contribution >= 4 is 5.91 Å². The SMILES string of the molecule is CC(C)C1CCN(C(=O)c2ncccc2C#CCO)C1. The lowest BCUT2D eigenvalue weighted by atomic mass is 9.95. The lowest BCUT2D eigenvalue weighted by Gasteiger charge is -2.18. The van der Waals surface area contributed by atoms with E-state index in [9.17, 15) is 4.79 Å². The van der Waals surface area contributed by atoms with E-state index in [0.717, 1.165) is 19.5 Å². The van der Waals surface area contributed by atoms with Crippen LogP contribution in [0.3, 0.4) is 0 Å². The summed E-state index contributed by atoms with van der Waals surface area (Å²) in [6, 6.07) is 3.51. The number of amides is 1. The topological polar surface area (TPSA) is 53.4 Å². The summed E-state index contributed by atoms with van der Waals surface area (Å²) in [6.07, 6.45) is 2.65. The molecule has 0 aromatic carbocycles. The van der Waals surface area contributed by atoms with E-state index in [1.54, 1.807) is 18.3 Å². The third-order valence-corrected chi connectivity index (χ3v) is 3.77. The van der Waals surface area contributed by atoms with Gasteiger partial charge in [-0.25, -0.2) is 4.98 Å². The minimum absolute atomic E-state index is 0.0593. The molecule has 0 radical (unpaired) electrons. The summed E-state index contributed by atoms with van der Waals surface area (Å²) in [7, 11) is 0. The number of likely N-dealkylation sites (tertiary alicyclic amines) is 1. The number of aromatic nitrogens is 1. The van der Waals surface area contributed by atoms with Gasteiger partial charge in [-0.15, -0.1) is 0 Å². The third-order valence-electron chi connectivity index (χ3n) is 3.77. The summed E-state index contributed by atoms with van der Waals surface area (Å²) in [5.41, 5.74) is 0.970. The Kier molecular flexibility index (Phi) is 4.75. The second kappa shape index (κ2) is 6.53. The molecule has 0 saturated carbocycles. The maximum Gasteiger partial charge on any atom is 0.273 e. The number of hydrogen-bond donors (Lipinski definition) is 1. The monoisotopic (exact) mass is 272 g/mol. The Hall–Kier alpha value is -1.86. The summed E-state index contributed by atoms with van der Waals surface area (Å²) in [6.45, 7) is 5.74. The van der Waals surface area contributed by atoms with Gasteiger partial charge in [0, 0.05) is 19.3 Å². The molecule has 1 N–H and O–H groups in total. The Balaban J connectivity index is 2.18. The standard InChI is InChI=1S/C16H20N2O2/c1-12(2)14-7-9-18(11-14)16(20)15-13(6-4-10-19)5-3-8-17-15/h3,5,8,12,14,19H,7,9-11H2,1-2H3. The highest BCUT2D eigenvalue weighted by Crippen LogP contribution is 2.25. The molecule has 1 saturated heterocycles. The summed E-state index contributed by atoms with van der Waals surface area (Å²) in [5, 5.41) is 8.78. The fourth-order valence-corrected chi connectivity index (χ4v) is 2.48. The first-order valence-electron chi connectivity index (χ1n) is 6.97. The number of rotatable bonds is 2. The first kappa shape index (κ1) is 14.5. The van der Waals surface area contributed by atoms with Gasteiger partial charge in [0.05, 0.1) is 5.56 Å². The molecule has 0 aliphatic carbocycles. The van der Waals surface area contributed by atoms with E-state index in [-0.39, 0.29) is 12.5 Å². The molecule has 1 unspecified atom stereocenters. The van der Waals surface area contributed by atoms with Crippen molar-refractivity contribution in [1.29, 1.82) is 0 Å². The van der Waals surface area contributed by atoms with Crippen LogP contribution >= 0.6 is 0 Å². The van der Waals surface area contributed by atoms with Gasteiger partial charge < -0.3 is 10.0 Å². The van der Waals surface area contributed by atoms with Crippen molar-refractivity contribution in [3.05, 3.63) is 29.6 Å². The normalized spacial score (nSPS) is 18.0. The molecule has 0 spiro atoms. The highest BCUT2D eigenvalue weighted by atomic mass is 16.2. The molecular weight excluding hydrogens is 252 g/mol. The minimum Gasteiger partial charge on any atom is -0.384 e. The molecule has 4 heteroatoms. The van der Waals surface area contributed by atoms with Crippen LogP contribution in [-0.2, 0) is 0 Å². The summed E-state index contributed by atoms with van der Waals surface area (Å²) in [5.74, 6) is 6.46. The van der Waals surface area contributed by atoms with E-state index in [1.165, 1.54) is 0 Å². The maximum atomic E-state index is 12.5. The van der Waals surface area contributed by atoms with Gasteiger partial charge in [-0.2, -0.15) is 0 Å². The van der Waals surface area contributed by atoms with E-state index in [0.29, 0.717) is 23.1 Å². The summed E-state index contributed by atoms with van der Waals surface area (Å²) in [4.78, 5) is 18.6. The van der Waals surface area contributed by atoms with Crippen molar-refractivity contribution in [2.75, 3.05) is 19.7 Å². The second-order valence-electron chi connectivity index (χ2n) is 5.40. The number of carbonyl (C=O) groups is 1. The number of aliphatic hydroxyl groups excluding tert-OH is 1. The molecule has 2 heterocycles. The van der Waals surface area contributed by atoms with Crippen LogP contribution in [0.5, 0.6) is 0 Å². The molecule has 106 valence electrons. The van der Waals surface area contributed by atoms with Gasteiger partial charge in [0.15, 0.2) is 0 Å². The molecular formula is C16H20N2O2. The highest BCUT2D eigenvalue weighted by molar-refractivity contribution is 5.94. The van der Waals surface area contributed by atoms with Crippen molar-refractivity contribution in [3.8, 4) is 11.8 Å². The maximum absolute atomic E-state index is 12.5. The minimum atomic E-state index is -0.221. The van der Waals surface area contributed by atoms with Gasteiger partial charge in [0.2, 0.25) is 0 Å². The molecule has 1 aliphatic rings. The van der Waals surface area contributed by atoms with Crippen LogP contribution < -0.4 is 0 Å². The van der Waals surface area contributed by atoms with Crippen molar-refractivity contribution in [2.24, 2.45) is 11.8 Å². The lowest BCUT2D eigenvalue weighted by Crippen LogP contribution is -2.30. The van der Waals surface area contributed by atoms with Crippen LogP contribution in [0.25, 0.3) is 0 Å². The van der Waals surface area contributed by atoms with Gasteiger partial charge in [-0.05, 0) is 30.4 Å². The van der Waals surface area contributed by atoms with Crippen LogP contribution in [-0.4, -0.2) is 40.6 Å². The van der Waals surface area contributed by atoms with Gasteiger partial charge in [0.25, 0.3) is 5.91 Å². The van der Waals surface area contributed by atoms with Crippen molar-refractivity contribution in [1.82, 2.24) is 9.88 Å². The van der Waals surface area contributed by atoms with Crippen LogP contribution in [0.2, 0.25) is 0 Å². The van der Waals surface area contributed by atoms with Gasteiger partial charge in [0.1, 0.15) is 12.3 Å². The van der Waals surface area contributed by atoms with Crippen LogP contribution in [0.15, 0.2) is 18.3 Å². The molecule has 1 amide bonds. The van der Waals surface area contributed by atoms with Crippen molar-refractivity contribution in [3.63, 3.8) is 0 Å². The van der Waals surface area contributed by atoms with Crippen molar-refractivity contribution < 1.29 is 9.90 Å². The van der Waals surface area contributed by atoms with Crippen molar-refractivity contribution in [2.45, 2.75) is 20.3 Å². The fraction of sp³-hybridized carbons (Fsp3) is 0.500. The zero-order valence-electron chi connectivity index (χ0n) is 12.0. The van der Waals surface area contributed by atoms with Crippen LogP contribution in [0, 0.1) is 23.7 Å². The Bertz CT molecular complexity index is 543.